The van der Waals surface area contributed by atoms with Crippen LogP contribution in [0.1, 0.15) is 12.8 Å². The molecule has 0 atom stereocenters. The highest BCUT2D eigenvalue weighted by Crippen LogP contribution is 2.07. The third-order valence-corrected chi connectivity index (χ3v) is 2.95. The molecule has 9 heavy (non-hydrogen) atoms. The SMILES string of the molecule is O=S1CCC(NO)CC1. The van der Waals surface area contributed by atoms with Crippen molar-refractivity contribution in [1.82, 2.24) is 5.48 Å². The van der Waals surface area contributed by atoms with Gasteiger partial charge >= 0.3 is 0 Å². The lowest BCUT2D eigenvalue weighted by Crippen LogP contribution is -2.33. The van der Waals surface area contributed by atoms with Crippen molar-refractivity contribution in [3.8, 4) is 0 Å². The Bertz CT molecular complexity index is 108. The Morgan fingerprint density at radius 3 is 2.44 bits per heavy atom. The fraction of sp³-hybridized carbons (Fsp3) is 1.00. The van der Waals surface area contributed by atoms with Gasteiger partial charge in [-0.05, 0) is 12.8 Å². The zero-order valence-electron chi connectivity index (χ0n) is 5.17. The van der Waals surface area contributed by atoms with Gasteiger partial charge in [0.25, 0.3) is 0 Å². The molecular formula is C5H11NO2S. The molecule has 1 aliphatic rings. The molecule has 1 heterocycles. The van der Waals surface area contributed by atoms with Gasteiger partial charge in [0.15, 0.2) is 0 Å². The molecule has 0 aromatic heterocycles. The van der Waals surface area contributed by atoms with E-state index in [9.17, 15) is 4.21 Å². The first-order chi connectivity index (χ1) is 4.33. The maximum absolute atomic E-state index is 10.7. The van der Waals surface area contributed by atoms with Gasteiger partial charge in [-0.3, -0.25) is 4.21 Å². The molecule has 3 nitrogen and oxygen atoms in total. The van der Waals surface area contributed by atoms with Crippen LogP contribution in [0.25, 0.3) is 0 Å². The predicted molar refractivity (Wildman–Crippen MR) is 35.8 cm³/mol. The monoisotopic (exact) mass is 149 g/mol. The quantitative estimate of drug-likeness (QED) is 0.511. The number of rotatable bonds is 1. The summed E-state index contributed by atoms with van der Waals surface area (Å²) in [5.74, 6) is 1.47. The van der Waals surface area contributed by atoms with Crippen molar-refractivity contribution in [1.29, 1.82) is 0 Å². The minimum absolute atomic E-state index is 0.183. The zero-order chi connectivity index (χ0) is 6.69. The molecule has 0 spiro atoms. The van der Waals surface area contributed by atoms with Crippen LogP contribution in [0.15, 0.2) is 0 Å². The second-order valence-corrected chi connectivity index (χ2v) is 3.95. The van der Waals surface area contributed by atoms with Gasteiger partial charge in [0.05, 0.1) is 0 Å². The highest BCUT2D eigenvalue weighted by Gasteiger charge is 2.15. The van der Waals surface area contributed by atoms with Crippen LogP contribution in [0.4, 0.5) is 0 Å². The Labute approximate surface area is 56.9 Å². The first-order valence-electron chi connectivity index (χ1n) is 3.07. The van der Waals surface area contributed by atoms with Crippen molar-refractivity contribution in [2.24, 2.45) is 0 Å². The van der Waals surface area contributed by atoms with Gasteiger partial charge < -0.3 is 5.21 Å². The van der Waals surface area contributed by atoms with Gasteiger partial charge in [0, 0.05) is 28.3 Å². The van der Waals surface area contributed by atoms with E-state index in [4.69, 9.17) is 5.21 Å². The number of nitrogens with one attached hydrogen (secondary N) is 1. The van der Waals surface area contributed by atoms with Crippen molar-refractivity contribution in [2.45, 2.75) is 18.9 Å². The highest BCUT2D eigenvalue weighted by molar-refractivity contribution is 7.85. The Balaban J connectivity index is 2.26. The molecule has 2 N–H and O–H groups in total. The number of hydroxylamine groups is 1. The van der Waals surface area contributed by atoms with Crippen molar-refractivity contribution in [3.63, 3.8) is 0 Å². The highest BCUT2D eigenvalue weighted by atomic mass is 32.2. The van der Waals surface area contributed by atoms with E-state index in [1.807, 2.05) is 0 Å². The topological polar surface area (TPSA) is 49.3 Å². The molecule has 1 saturated heterocycles. The molecule has 4 heteroatoms. The minimum atomic E-state index is -0.614. The van der Waals surface area contributed by atoms with E-state index in [0.29, 0.717) is 0 Å². The normalized spacial score (nSPS) is 36.6. The molecule has 0 bridgehead atoms. The number of hydrogen-bond acceptors (Lipinski definition) is 3. The minimum Gasteiger partial charge on any atom is -0.317 e. The fourth-order valence-corrected chi connectivity index (χ4v) is 2.22. The predicted octanol–water partition coefficient (Wildman–Crippen LogP) is -0.124. The summed E-state index contributed by atoms with van der Waals surface area (Å²) in [4.78, 5) is 0. The summed E-state index contributed by atoms with van der Waals surface area (Å²) in [6, 6.07) is 0.183. The average molecular weight is 149 g/mol. The summed E-state index contributed by atoms with van der Waals surface area (Å²) >= 11 is 0. The van der Waals surface area contributed by atoms with E-state index in [1.165, 1.54) is 0 Å². The Hall–Kier alpha value is 0.0700. The fourth-order valence-electron chi connectivity index (χ4n) is 0.923. The Kier molecular flexibility index (Phi) is 2.63. The van der Waals surface area contributed by atoms with Crippen LogP contribution in [-0.2, 0) is 10.8 Å². The lowest BCUT2D eigenvalue weighted by Gasteiger charge is -2.18. The van der Waals surface area contributed by atoms with E-state index < -0.39 is 10.8 Å². The van der Waals surface area contributed by atoms with E-state index in [0.717, 1.165) is 24.3 Å². The summed E-state index contributed by atoms with van der Waals surface area (Å²) in [5.41, 5.74) is 2.19. The van der Waals surface area contributed by atoms with Gasteiger partial charge in [-0.2, -0.15) is 0 Å². The molecule has 0 radical (unpaired) electrons. The van der Waals surface area contributed by atoms with Crippen LogP contribution in [0.5, 0.6) is 0 Å². The summed E-state index contributed by atoms with van der Waals surface area (Å²) in [6.07, 6.45) is 1.67. The first-order valence-corrected chi connectivity index (χ1v) is 4.56. The molecule has 1 fully saturated rings. The lowest BCUT2D eigenvalue weighted by molar-refractivity contribution is 0.121. The maximum Gasteiger partial charge on any atom is 0.0337 e. The van der Waals surface area contributed by atoms with Crippen LogP contribution in [0.2, 0.25) is 0 Å². The van der Waals surface area contributed by atoms with Gasteiger partial charge in [0.2, 0.25) is 0 Å². The zero-order valence-corrected chi connectivity index (χ0v) is 5.99. The Morgan fingerprint density at radius 2 is 2.00 bits per heavy atom. The molecule has 0 unspecified atom stereocenters. The Morgan fingerprint density at radius 1 is 1.44 bits per heavy atom. The van der Waals surface area contributed by atoms with Crippen LogP contribution < -0.4 is 5.48 Å². The molecule has 1 aliphatic heterocycles. The standard InChI is InChI=1S/C5H11NO2S/c7-6-5-1-3-9(8)4-2-5/h5-7H,1-4H2. The summed E-state index contributed by atoms with van der Waals surface area (Å²) < 4.78 is 10.7. The molecule has 0 aliphatic carbocycles. The molecule has 0 saturated carbocycles. The summed E-state index contributed by atoms with van der Waals surface area (Å²) in [5, 5.41) is 8.43. The molecular weight excluding hydrogens is 138 g/mol. The second-order valence-electron chi connectivity index (χ2n) is 2.25. The lowest BCUT2D eigenvalue weighted by atomic mass is 10.2. The molecule has 54 valence electrons. The smallest absolute Gasteiger partial charge is 0.0337 e. The van der Waals surface area contributed by atoms with Crippen LogP contribution in [0, 0.1) is 0 Å². The van der Waals surface area contributed by atoms with Crippen molar-refractivity contribution in [2.75, 3.05) is 11.5 Å². The largest absolute Gasteiger partial charge is 0.317 e. The van der Waals surface area contributed by atoms with Crippen molar-refractivity contribution < 1.29 is 9.42 Å². The van der Waals surface area contributed by atoms with E-state index in [-0.39, 0.29) is 6.04 Å². The third kappa shape index (κ3) is 2.04. The van der Waals surface area contributed by atoms with Gasteiger partial charge in [-0.15, -0.1) is 0 Å². The van der Waals surface area contributed by atoms with E-state index in [1.54, 1.807) is 0 Å². The third-order valence-electron chi connectivity index (χ3n) is 1.57. The molecule has 1 rings (SSSR count). The van der Waals surface area contributed by atoms with Gasteiger partial charge in [0.1, 0.15) is 0 Å². The number of hydrogen-bond donors (Lipinski definition) is 2. The summed E-state index contributed by atoms with van der Waals surface area (Å²) in [7, 11) is -0.614. The maximum atomic E-state index is 10.7. The molecule has 0 aromatic rings. The van der Waals surface area contributed by atoms with Gasteiger partial charge in [-0.1, -0.05) is 0 Å². The van der Waals surface area contributed by atoms with Gasteiger partial charge in [-0.25, -0.2) is 5.48 Å². The first kappa shape index (κ1) is 7.18. The second kappa shape index (κ2) is 3.29. The van der Waals surface area contributed by atoms with Crippen LogP contribution in [0.3, 0.4) is 0 Å². The average Bonchev–Trinajstić information content (AvgIpc) is 1.90. The van der Waals surface area contributed by atoms with E-state index in [2.05, 4.69) is 5.48 Å². The van der Waals surface area contributed by atoms with E-state index >= 15 is 0 Å². The van der Waals surface area contributed by atoms with Crippen LogP contribution in [-0.4, -0.2) is 27.0 Å². The van der Waals surface area contributed by atoms with Crippen molar-refractivity contribution >= 4 is 10.8 Å². The molecule has 0 aromatic carbocycles. The summed E-state index contributed by atoms with van der Waals surface area (Å²) in [6.45, 7) is 0. The van der Waals surface area contributed by atoms with Crippen molar-refractivity contribution in [3.05, 3.63) is 0 Å². The molecule has 0 amide bonds. The van der Waals surface area contributed by atoms with Crippen LogP contribution >= 0.6 is 0 Å².